The van der Waals surface area contributed by atoms with Gasteiger partial charge in [-0.3, -0.25) is 10.2 Å². The highest BCUT2D eigenvalue weighted by Crippen LogP contribution is 2.35. The first-order valence-electron chi connectivity index (χ1n) is 9.15. The van der Waals surface area contributed by atoms with Crippen molar-refractivity contribution in [2.45, 2.75) is 34.1 Å². The van der Waals surface area contributed by atoms with Gasteiger partial charge >= 0.3 is 0 Å². The Bertz CT molecular complexity index is 1010. The lowest BCUT2D eigenvalue weighted by Gasteiger charge is -2.13. The minimum Gasteiger partial charge on any atom is -0.484 e. The first-order chi connectivity index (χ1) is 13.5. The van der Waals surface area contributed by atoms with E-state index in [1.54, 1.807) is 0 Å². The summed E-state index contributed by atoms with van der Waals surface area (Å²) in [5.74, 6) is 0.475. The lowest BCUT2D eigenvalue weighted by molar-refractivity contribution is -0.118. The maximum absolute atomic E-state index is 12.4. The van der Waals surface area contributed by atoms with E-state index in [0.29, 0.717) is 5.75 Å². The van der Waals surface area contributed by atoms with Crippen molar-refractivity contribution in [1.82, 2.24) is 4.98 Å². The number of amides is 1. The Morgan fingerprint density at radius 2 is 2.00 bits per heavy atom. The molecule has 7 heteroatoms. The summed E-state index contributed by atoms with van der Waals surface area (Å²) in [4.78, 5) is 17.0. The molecule has 1 heterocycles. The zero-order valence-corrected chi connectivity index (χ0v) is 17.3. The average molecular weight is 397 g/mol. The summed E-state index contributed by atoms with van der Waals surface area (Å²) in [6, 6.07) is 11.3. The molecule has 3 rings (SSSR count). The second-order valence-corrected chi connectivity index (χ2v) is 7.52. The number of rotatable bonds is 7. The van der Waals surface area contributed by atoms with Crippen molar-refractivity contribution in [3.8, 4) is 5.75 Å². The molecule has 2 aromatic carbocycles. The predicted octanol–water partition coefficient (Wildman–Crippen LogP) is 5.13. The van der Waals surface area contributed by atoms with Gasteiger partial charge in [0.25, 0.3) is 5.91 Å². The van der Waals surface area contributed by atoms with Gasteiger partial charge in [-0.1, -0.05) is 36.5 Å². The first kappa shape index (κ1) is 19.8. The van der Waals surface area contributed by atoms with Crippen LogP contribution in [0.25, 0.3) is 10.2 Å². The predicted molar refractivity (Wildman–Crippen MR) is 117 cm³/mol. The molecule has 1 amide bonds. The Hall–Kier alpha value is -2.93. The summed E-state index contributed by atoms with van der Waals surface area (Å²) in [6.45, 7) is 7.95. The van der Waals surface area contributed by atoms with Crippen LogP contribution < -0.4 is 15.5 Å². The first-order valence-corrected chi connectivity index (χ1v) is 9.97. The second kappa shape index (κ2) is 8.84. The molecule has 28 heavy (non-hydrogen) atoms. The lowest BCUT2D eigenvalue weighted by Crippen LogP contribution is -2.21. The van der Waals surface area contributed by atoms with Gasteiger partial charge in [-0.25, -0.2) is 4.98 Å². The minimum absolute atomic E-state index is 0.0402. The van der Waals surface area contributed by atoms with Crippen LogP contribution in [0.4, 0.5) is 10.8 Å². The van der Waals surface area contributed by atoms with Crippen molar-refractivity contribution in [3.05, 3.63) is 47.5 Å². The fourth-order valence-electron chi connectivity index (χ4n) is 2.69. The van der Waals surface area contributed by atoms with Crippen LogP contribution in [0.3, 0.4) is 0 Å². The second-order valence-electron chi connectivity index (χ2n) is 6.52. The number of hydrazone groups is 1. The molecule has 146 valence electrons. The smallest absolute Gasteiger partial charge is 0.262 e. The molecule has 0 saturated carbocycles. The van der Waals surface area contributed by atoms with Crippen LogP contribution in [0.5, 0.6) is 5.75 Å². The largest absolute Gasteiger partial charge is 0.484 e. The molecule has 0 spiro atoms. The van der Waals surface area contributed by atoms with E-state index in [4.69, 9.17) is 4.74 Å². The number of nitrogens with zero attached hydrogens (tertiary/aromatic N) is 2. The summed E-state index contributed by atoms with van der Waals surface area (Å²) >= 11 is 1.52. The van der Waals surface area contributed by atoms with E-state index in [9.17, 15) is 4.79 Å². The van der Waals surface area contributed by atoms with Crippen LogP contribution in [0.1, 0.15) is 31.4 Å². The maximum Gasteiger partial charge on any atom is 0.262 e. The molecular formula is C21H24N4O2S. The number of para-hydroxylation sites is 1. The SMILES string of the molecule is CC/C(C)=N/Nc1nc2cc(C)c(NC(=O)COc3ccccc3)c(C)c2s1. The molecule has 3 aromatic rings. The molecule has 0 aliphatic heterocycles. The molecule has 0 fully saturated rings. The molecule has 0 atom stereocenters. The monoisotopic (exact) mass is 396 g/mol. The van der Waals surface area contributed by atoms with Crippen molar-refractivity contribution in [2.75, 3.05) is 17.3 Å². The standard InChI is InChI=1S/C21H24N4O2S/c1-5-14(3)24-25-21-22-17-11-13(2)19(15(4)20(17)28-21)23-18(26)12-27-16-9-7-6-8-10-16/h6-11H,5,12H2,1-4H3,(H,22,25)(H,23,26)/b24-14+. The summed E-state index contributed by atoms with van der Waals surface area (Å²) < 4.78 is 6.55. The van der Waals surface area contributed by atoms with Crippen molar-refractivity contribution >= 4 is 44.0 Å². The van der Waals surface area contributed by atoms with E-state index in [1.165, 1.54) is 11.3 Å². The zero-order valence-electron chi connectivity index (χ0n) is 16.5. The highest BCUT2D eigenvalue weighted by molar-refractivity contribution is 7.22. The number of hydrogen-bond acceptors (Lipinski definition) is 6. The number of anilines is 2. The molecule has 6 nitrogen and oxygen atoms in total. The molecule has 0 unspecified atom stereocenters. The Kier molecular flexibility index (Phi) is 6.26. The van der Waals surface area contributed by atoms with Gasteiger partial charge in [-0.15, -0.1) is 0 Å². The van der Waals surface area contributed by atoms with Crippen LogP contribution in [-0.2, 0) is 4.79 Å². The van der Waals surface area contributed by atoms with Gasteiger partial charge in [0, 0.05) is 11.4 Å². The number of benzene rings is 2. The highest BCUT2D eigenvalue weighted by Gasteiger charge is 2.15. The van der Waals surface area contributed by atoms with Gasteiger partial charge in [0.2, 0.25) is 5.13 Å². The van der Waals surface area contributed by atoms with Gasteiger partial charge in [0.15, 0.2) is 6.61 Å². The fraction of sp³-hybridized carbons (Fsp3) is 0.286. The number of aryl methyl sites for hydroxylation is 2. The van der Waals surface area contributed by atoms with E-state index >= 15 is 0 Å². The summed E-state index contributed by atoms with van der Waals surface area (Å²) in [6.07, 6.45) is 0.886. The number of aromatic nitrogens is 1. The van der Waals surface area contributed by atoms with E-state index in [0.717, 1.165) is 44.3 Å². The molecular weight excluding hydrogens is 372 g/mol. The summed E-state index contributed by atoms with van der Waals surface area (Å²) in [5, 5.41) is 8.03. The number of carbonyl (C=O) groups excluding carboxylic acids is 1. The summed E-state index contributed by atoms with van der Waals surface area (Å²) in [7, 11) is 0. The van der Waals surface area contributed by atoms with Crippen molar-refractivity contribution in [3.63, 3.8) is 0 Å². The Morgan fingerprint density at radius 1 is 1.25 bits per heavy atom. The van der Waals surface area contributed by atoms with Crippen molar-refractivity contribution < 1.29 is 9.53 Å². The molecule has 0 bridgehead atoms. The van der Waals surface area contributed by atoms with Gasteiger partial charge < -0.3 is 10.1 Å². The quantitative estimate of drug-likeness (QED) is 0.429. The topological polar surface area (TPSA) is 75.6 Å². The molecule has 0 radical (unpaired) electrons. The third kappa shape index (κ3) is 4.67. The van der Waals surface area contributed by atoms with E-state index in [2.05, 4.69) is 27.8 Å². The lowest BCUT2D eigenvalue weighted by atomic mass is 10.1. The highest BCUT2D eigenvalue weighted by atomic mass is 32.1. The Morgan fingerprint density at radius 3 is 2.71 bits per heavy atom. The third-order valence-electron chi connectivity index (χ3n) is 4.35. The normalized spacial score (nSPS) is 11.5. The number of ether oxygens (including phenoxy) is 1. The van der Waals surface area contributed by atoms with Crippen LogP contribution in [0.15, 0.2) is 41.5 Å². The number of thiazole rings is 1. The Balaban J connectivity index is 1.76. The summed E-state index contributed by atoms with van der Waals surface area (Å²) in [5.41, 5.74) is 7.68. The van der Waals surface area contributed by atoms with E-state index in [1.807, 2.05) is 57.2 Å². The molecule has 2 N–H and O–H groups in total. The number of fused-ring (bicyclic) bond motifs is 1. The average Bonchev–Trinajstić information content (AvgIpc) is 3.11. The van der Waals surface area contributed by atoms with Crippen LogP contribution in [-0.4, -0.2) is 23.2 Å². The fourth-order valence-corrected chi connectivity index (χ4v) is 3.58. The number of hydrogen-bond donors (Lipinski definition) is 2. The maximum atomic E-state index is 12.4. The van der Waals surface area contributed by atoms with E-state index in [-0.39, 0.29) is 12.5 Å². The third-order valence-corrected chi connectivity index (χ3v) is 5.44. The van der Waals surface area contributed by atoms with Gasteiger partial charge in [0.05, 0.1) is 10.2 Å². The number of nitrogens with one attached hydrogen (secondary N) is 2. The molecule has 0 saturated heterocycles. The molecule has 1 aromatic heterocycles. The minimum atomic E-state index is -0.194. The molecule has 0 aliphatic rings. The van der Waals surface area contributed by atoms with Crippen molar-refractivity contribution in [1.29, 1.82) is 0 Å². The van der Waals surface area contributed by atoms with Crippen molar-refractivity contribution in [2.24, 2.45) is 5.10 Å². The molecule has 0 aliphatic carbocycles. The van der Waals surface area contributed by atoms with E-state index < -0.39 is 0 Å². The number of carbonyl (C=O) groups is 1. The van der Waals surface area contributed by atoms with Gasteiger partial charge in [0.1, 0.15) is 5.75 Å². The van der Waals surface area contributed by atoms with Crippen LogP contribution >= 0.6 is 11.3 Å². The Labute approximate surface area is 168 Å². The zero-order chi connectivity index (χ0) is 20.1. The van der Waals surface area contributed by atoms with Crippen LogP contribution in [0, 0.1) is 13.8 Å². The van der Waals surface area contributed by atoms with Crippen LogP contribution in [0.2, 0.25) is 0 Å². The van der Waals surface area contributed by atoms with Gasteiger partial charge in [-0.2, -0.15) is 5.10 Å². The van der Waals surface area contributed by atoms with Gasteiger partial charge in [-0.05, 0) is 56.5 Å².